The number of aromatic nitrogens is 3. The summed E-state index contributed by atoms with van der Waals surface area (Å²) in [6, 6.07) is -0.0998. The number of nitrogens with zero attached hydrogens (tertiary/aromatic N) is 3. The summed E-state index contributed by atoms with van der Waals surface area (Å²) in [6.07, 6.45) is 2.50. The first-order valence-corrected chi connectivity index (χ1v) is 8.12. The number of H-pyrrole nitrogens is 1. The fourth-order valence-corrected chi connectivity index (χ4v) is 3.88. The van der Waals surface area contributed by atoms with Gasteiger partial charge in [-0.1, -0.05) is 11.6 Å². The number of hydrogen-bond donors (Lipinski definition) is 1. The predicted molar refractivity (Wildman–Crippen MR) is 83.7 cm³/mol. The molecule has 2 aromatic heterocycles. The molecule has 2 aliphatic heterocycles. The lowest BCUT2D eigenvalue weighted by Crippen LogP contribution is -2.43. The van der Waals surface area contributed by atoms with E-state index in [1.54, 1.807) is 0 Å². The van der Waals surface area contributed by atoms with Crippen LogP contribution in [0.2, 0.25) is 5.15 Å². The Morgan fingerprint density at radius 3 is 3.21 bits per heavy atom. The number of pyridine rings is 1. The Morgan fingerprint density at radius 2 is 2.38 bits per heavy atom. The molecule has 2 atom stereocenters. The zero-order valence-electron chi connectivity index (χ0n) is 12.7. The number of aromatic amines is 1. The Labute approximate surface area is 140 Å². The highest BCUT2D eigenvalue weighted by Crippen LogP contribution is 2.40. The molecule has 4 heterocycles. The van der Waals surface area contributed by atoms with E-state index in [2.05, 4.69) is 19.9 Å². The van der Waals surface area contributed by atoms with Crippen LogP contribution in [0, 0.1) is 5.82 Å². The van der Waals surface area contributed by atoms with Gasteiger partial charge in [-0.05, 0) is 19.4 Å². The molecule has 0 bridgehead atoms. The maximum absolute atomic E-state index is 14.0. The SMILES string of the molecule is O=c1[nH]c(OC[C@@]23CCCN2C[C@H](F)C3)nc2c(F)c(Cl)ncc12. The summed E-state index contributed by atoms with van der Waals surface area (Å²) in [5, 5.41) is -0.363. The molecule has 0 spiro atoms. The Morgan fingerprint density at radius 1 is 1.54 bits per heavy atom. The second-order valence-corrected chi connectivity index (χ2v) is 6.72. The molecular weight excluding hydrogens is 342 g/mol. The molecule has 9 heteroatoms. The van der Waals surface area contributed by atoms with Crippen LogP contribution in [0.25, 0.3) is 10.9 Å². The first kappa shape index (κ1) is 15.7. The van der Waals surface area contributed by atoms with E-state index < -0.39 is 17.5 Å². The number of halogens is 3. The van der Waals surface area contributed by atoms with E-state index in [1.807, 2.05) is 0 Å². The third kappa shape index (κ3) is 2.44. The zero-order valence-corrected chi connectivity index (χ0v) is 13.4. The van der Waals surface area contributed by atoms with Gasteiger partial charge >= 0.3 is 0 Å². The molecule has 2 aliphatic rings. The first-order valence-electron chi connectivity index (χ1n) is 7.74. The molecule has 2 aromatic rings. The molecule has 0 aliphatic carbocycles. The third-order valence-corrected chi connectivity index (χ3v) is 5.13. The number of ether oxygens (including phenoxy) is 1. The van der Waals surface area contributed by atoms with Crippen LogP contribution in [0.3, 0.4) is 0 Å². The van der Waals surface area contributed by atoms with Crippen LogP contribution in [0.15, 0.2) is 11.0 Å². The van der Waals surface area contributed by atoms with Crippen molar-refractivity contribution in [2.45, 2.75) is 31.0 Å². The third-order valence-electron chi connectivity index (χ3n) is 4.87. The van der Waals surface area contributed by atoms with Crippen LogP contribution in [0.4, 0.5) is 8.78 Å². The lowest BCUT2D eigenvalue weighted by molar-refractivity contribution is 0.107. The van der Waals surface area contributed by atoms with Gasteiger partial charge in [-0.2, -0.15) is 4.98 Å². The molecule has 0 amide bonds. The normalized spacial score (nSPS) is 26.9. The molecule has 0 radical (unpaired) electrons. The summed E-state index contributed by atoms with van der Waals surface area (Å²) in [5.74, 6) is -0.865. The smallest absolute Gasteiger partial charge is 0.297 e. The van der Waals surface area contributed by atoms with Crippen molar-refractivity contribution in [2.75, 3.05) is 19.7 Å². The van der Waals surface area contributed by atoms with Crippen LogP contribution >= 0.6 is 11.6 Å². The molecule has 0 aromatic carbocycles. The lowest BCUT2D eigenvalue weighted by atomic mass is 9.95. The van der Waals surface area contributed by atoms with E-state index in [1.165, 1.54) is 6.20 Å². The van der Waals surface area contributed by atoms with E-state index in [4.69, 9.17) is 16.3 Å². The van der Waals surface area contributed by atoms with E-state index >= 15 is 0 Å². The van der Waals surface area contributed by atoms with Crippen LogP contribution in [-0.4, -0.2) is 51.3 Å². The highest BCUT2D eigenvalue weighted by Gasteiger charge is 2.49. The van der Waals surface area contributed by atoms with Gasteiger partial charge in [0.1, 0.15) is 18.3 Å². The quantitative estimate of drug-likeness (QED) is 0.852. The van der Waals surface area contributed by atoms with Gasteiger partial charge in [-0.15, -0.1) is 0 Å². The number of alkyl halides is 1. The van der Waals surface area contributed by atoms with Gasteiger partial charge in [0.2, 0.25) is 0 Å². The van der Waals surface area contributed by atoms with Gasteiger partial charge in [-0.25, -0.2) is 13.8 Å². The zero-order chi connectivity index (χ0) is 16.9. The molecule has 6 nitrogen and oxygen atoms in total. The maximum Gasteiger partial charge on any atom is 0.297 e. The van der Waals surface area contributed by atoms with Crippen molar-refractivity contribution in [3.05, 3.63) is 27.5 Å². The molecule has 24 heavy (non-hydrogen) atoms. The second kappa shape index (κ2) is 5.63. The Bertz CT molecular complexity index is 861. The monoisotopic (exact) mass is 356 g/mol. The van der Waals surface area contributed by atoms with Crippen molar-refractivity contribution >= 4 is 22.5 Å². The minimum Gasteiger partial charge on any atom is -0.463 e. The molecule has 1 N–H and O–H groups in total. The molecule has 2 saturated heterocycles. The lowest BCUT2D eigenvalue weighted by Gasteiger charge is -2.30. The van der Waals surface area contributed by atoms with Gasteiger partial charge < -0.3 is 4.74 Å². The van der Waals surface area contributed by atoms with Crippen LogP contribution in [0.5, 0.6) is 6.01 Å². The predicted octanol–water partition coefficient (Wildman–Crippen LogP) is 2.07. The largest absolute Gasteiger partial charge is 0.463 e. The number of hydrogen-bond acceptors (Lipinski definition) is 5. The van der Waals surface area contributed by atoms with E-state index in [0.29, 0.717) is 13.0 Å². The second-order valence-electron chi connectivity index (χ2n) is 6.36. The van der Waals surface area contributed by atoms with Crippen molar-refractivity contribution in [3.8, 4) is 6.01 Å². The van der Waals surface area contributed by atoms with Crippen molar-refractivity contribution in [2.24, 2.45) is 0 Å². The average Bonchev–Trinajstić information content (AvgIpc) is 3.05. The average molecular weight is 357 g/mol. The molecule has 128 valence electrons. The van der Waals surface area contributed by atoms with E-state index in [0.717, 1.165) is 19.4 Å². The van der Waals surface area contributed by atoms with Gasteiger partial charge in [0.05, 0.1) is 10.9 Å². The Kier molecular flexibility index (Phi) is 3.69. The molecule has 0 unspecified atom stereocenters. The molecule has 4 rings (SSSR count). The van der Waals surface area contributed by atoms with E-state index in [9.17, 15) is 13.6 Å². The van der Waals surface area contributed by atoms with Gasteiger partial charge in [-0.3, -0.25) is 14.7 Å². The first-order chi connectivity index (χ1) is 11.5. The fourth-order valence-electron chi connectivity index (χ4n) is 3.74. The topological polar surface area (TPSA) is 71.1 Å². The number of nitrogens with one attached hydrogen (secondary N) is 1. The number of rotatable bonds is 3. The Hall–Kier alpha value is -1.80. The summed E-state index contributed by atoms with van der Waals surface area (Å²) < 4.78 is 33.4. The minimum atomic E-state index is -0.875. The molecular formula is C15H15ClF2N4O2. The van der Waals surface area contributed by atoms with E-state index in [-0.39, 0.29) is 34.2 Å². The highest BCUT2D eigenvalue weighted by molar-refractivity contribution is 6.30. The standard InChI is InChI=1S/C15H15ClF2N4O2/c16-12-10(18)11-9(5-19-12)13(23)21-14(20-11)24-7-15-2-1-3-22(15)6-8(17)4-15/h5,8H,1-4,6-7H2,(H,20,21,23)/t8-,15+/m1/s1. The van der Waals surface area contributed by atoms with Crippen LogP contribution in [0.1, 0.15) is 19.3 Å². The maximum atomic E-state index is 14.0. The summed E-state index contributed by atoms with van der Waals surface area (Å²) >= 11 is 5.63. The van der Waals surface area contributed by atoms with Crippen LogP contribution in [-0.2, 0) is 0 Å². The molecule has 0 saturated carbocycles. The van der Waals surface area contributed by atoms with Crippen molar-refractivity contribution in [3.63, 3.8) is 0 Å². The highest BCUT2D eigenvalue weighted by atomic mass is 35.5. The van der Waals surface area contributed by atoms with Crippen molar-refractivity contribution < 1.29 is 13.5 Å². The van der Waals surface area contributed by atoms with Crippen LogP contribution < -0.4 is 10.3 Å². The van der Waals surface area contributed by atoms with Gasteiger partial charge in [0.25, 0.3) is 11.6 Å². The summed E-state index contributed by atoms with van der Waals surface area (Å²) in [7, 11) is 0. The minimum absolute atomic E-state index is 0.00500. The summed E-state index contributed by atoms with van der Waals surface area (Å²) in [4.78, 5) is 24.2. The van der Waals surface area contributed by atoms with Gasteiger partial charge in [0.15, 0.2) is 11.0 Å². The summed E-state index contributed by atoms with van der Waals surface area (Å²) in [5.41, 5.74) is -1.13. The van der Waals surface area contributed by atoms with Crippen molar-refractivity contribution in [1.29, 1.82) is 0 Å². The molecule has 2 fully saturated rings. The fraction of sp³-hybridized carbons (Fsp3) is 0.533. The summed E-state index contributed by atoms with van der Waals surface area (Å²) in [6.45, 7) is 1.44. The van der Waals surface area contributed by atoms with Crippen molar-refractivity contribution in [1.82, 2.24) is 19.9 Å². The van der Waals surface area contributed by atoms with Gasteiger partial charge in [0, 0.05) is 19.2 Å². The Balaban J connectivity index is 1.63. The number of fused-ring (bicyclic) bond motifs is 2.